The average molecular weight is 251 g/mol. The molecule has 1 N–H and O–H groups in total. The van der Waals surface area contributed by atoms with E-state index in [0.717, 1.165) is 17.7 Å². The Labute approximate surface area is 106 Å². The van der Waals surface area contributed by atoms with Crippen molar-refractivity contribution in [3.8, 4) is 5.75 Å². The molecule has 3 nitrogen and oxygen atoms in total. The van der Waals surface area contributed by atoms with Gasteiger partial charge in [0, 0.05) is 12.6 Å². The van der Waals surface area contributed by atoms with E-state index in [1.807, 2.05) is 31.4 Å². The minimum atomic E-state index is 0.249. The summed E-state index contributed by atoms with van der Waals surface area (Å²) in [6.07, 6.45) is 4.79. The number of rotatable bonds is 3. The van der Waals surface area contributed by atoms with Crippen LogP contribution >= 0.6 is 11.8 Å². The minimum absolute atomic E-state index is 0.249. The van der Waals surface area contributed by atoms with Gasteiger partial charge < -0.3 is 9.84 Å². The summed E-state index contributed by atoms with van der Waals surface area (Å²) in [6.45, 7) is 2.05. The van der Waals surface area contributed by atoms with Gasteiger partial charge in [0.1, 0.15) is 11.5 Å². The summed E-state index contributed by atoms with van der Waals surface area (Å²) in [6, 6.07) is 6.93. The molecule has 0 aliphatic carbocycles. The van der Waals surface area contributed by atoms with E-state index in [1.165, 1.54) is 11.8 Å². The third-order valence-electron chi connectivity index (χ3n) is 2.10. The van der Waals surface area contributed by atoms with Gasteiger partial charge in [-0.05, 0) is 43.0 Å². The highest BCUT2D eigenvalue weighted by molar-refractivity contribution is 8.12. The number of thioether (sulfide) groups is 1. The van der Waals surface area contributed by atoms with Gasteiger partial charge in [0.2, 0.25) is 0 Å². The summed E-state index contributed by atoms with van der Waals surface area (Å²) < 4.78 is 5.71. The number of hydrogen-bond donors (Lipinski definition) is 1. The van der Waals surface area contributed by atoms with Gasteiger partial charge in [-0.2, -0.15) is 0 Å². The fraction of sp³-hybridized carbons (Fsp3) is 0.308. The molecule has 0 bridgehead atoms. The summed E-state index contributed by atoms with van der Waals surface area (Å²) in [5.41, 5.74) is 0.930. The number of ether oxygens (including phenoxy) is 1. The number of phenolic OH excluding ortho intramolecular Hbond substituents is 1. The predicted molar refractivity (Wildman–Crippen MR) is 74.3 cm³/mol. The predicted octanol–water partition coefficient (Wildman–Crippen LogP) is 3.51. The van der Waals surface area contributed by atoms with Crippen LogP contribution in [-0.4, -0.2) is 23.6 Å². The molecule has 17 heavy (non-hydrogen) atoms. The smallest absolute Gasteiger partial charge is 0.250 e. The Morgan fingerprint density at radius 3 is 2.53 bits per heavy atom. The second kappa shape index (κ2) is 7.01. The molecule has 0 aliphatic heterocycles. The molecule has 0 saturated carbocycles. The molecule has 0 heterocycles. The lowest BCUT2D eigenvalue weighted by Crippen LogP contribution is -1.99. The van der Waals surface area contributed by atoms with E-state index in [4.69, 9.17) is 4.74 Å². The maximum absolute atomic E-state index is 9.25. The van der Waals surface area contributed by atoms with Crippen molar-refractivity contribution >= 4 is 22.8 Å². The zero-order chi connectivity index (χ0) is 12.7. The molecule has 0 fully saturated rings. The van der Waals surface area contributed by atoms with E-state index in [2.05, 4.69) is 4.99 Å². The SMILES string of the molecule is CC/C=C(/OC(=NC)SC)c1ccc(O)cc1. The summed E-state index contributed by atoms with van der Waals surface area (Å²) >= 11 is 1.46. The lowest BCUT2D eigenvalue weighted by atomic mass is 10.1. The lowest BCUT2D eigenvalue weighted by molar-refractivity contribution is 0.475. The van der Waals surface area contributed by atoms with Gasteiger partial charge in [0.25, 0.3) is 5.23 Å². The van der Waals surface area contributed by atoms with Gasteiger partial charge in [0.15, 0.2) is 0 Å². The van der Waals surface area contributed by atoms with E-state index in [-0.39, 0.29) is 5.75 Å². The normalized spacial score (nSPS) is 12.6. The number of benzene rings is 1. The number of allylic oxidation sites excluding steroid dienone is 1. The number of aromatic hydroxyl groups is 1. The van der Waals surface area contributed by atoms with Crippen molar-refractivity contribution < 1.29 is 9.84 Å². The third-order valence-corrected chi connectivity index (χ3v) is 2.71. The molecule has 0 aliphatic rings. The minimum Gasteiger partial charge on any atom is -0.508 e. The fourth-order valence-electron chi connectivity index (χ4n) is 1.30. The Morgan fingerprint density at radius 2 is 2.06 bits per heavy atom. The molecule has 0 unspecified atom stereocenters. The molecule has 0 amide bonds. The average Bonchev–Trinajstić information content (AvgIpc) is 2.35. The van der Waals surface area contributed by atoms with Crippen LogP contribution in [0, 0.1) is 0 Å². The number of nitrogens with zero attached hydrogens (tertiary/aromatic N) is 1. The standard InChI is InChI=1S/C13H17NO2S/c1-4-5-12(16-13(14-2)17-3)10-6-8-11(15)9-7-10/h5-9,15H,4H2,1-3H3/b12-5+,14-13?. The van der Waals surface area contributed by atoms with Crippen molar-refractivity contribution in [2.24, 2.45) is 4.99 Å². The van der Waals surface area contributed by atoms with Crippen molar-refractivity contribution in [2.75, 3.05) is 13.3 Å². The summed E-state index contributed by atoms with van der Waals surface area (Å²) in [4.78, 5) is 4.04. The zero-order valence-electron chi connectivity index (χ0n) is 10.3. The maximum atomic E-state index is 9.25. The Balaban J connectivity index is 2.94. The van der Waals surface area contributed by atoms with Gasteiger partial charge in [-0.25, -0.2) is 4.99 Å². The van der Waals surface area contributed by atoms with Crippen LogP contribution in [0.5, 0.6) is 5.75 Å². The van der Waals surface area contributed by atoms with Gasteiger partial charge in [0.05, 0.1) is 0 Å². The van der Waals surface area contributed by atoms with Crippen LogP contribution < -0.4 is 0 Å². The first-order valence-electron chi connectivity index (χ1n) is 5.39. The molecule has 1 rings (SSSR count). The highest BCUT2D eigenvalue weighted by Crippen LogP contribution is 2.21. The van der Waals surface area contributed by atoms with Gasteiger partial charge in [-0.3, -0.25) is 0 Å². The molecule has 0 radical (unpaired) electrons. The molecular formula is C13H17NO2S. The maximum Gasteiger partial charge on any atom is 0.250 e. The first-order chi connectivity index (χ1) is 8.21. The first kappa shape index (κ1) is 13.6. The Morgan fingerprint density at radius 1 is 1.41 bits per heavy atom. The molecule has 0 aromatic heterocycles. The molecule has 1 aromatic carbocycles. The Hall–Kier alpha value is -1.42. The van der Waals surface area contributed by atoms with Gasteiger partial charge in [-0.1, -0.05) is 18.7 Å². The van der Waals surface area contributed by atoms with E-state index in [0.29, 0.717) is 5.23 Å². The number of phenols is 1. The second-order valence-electron chi connectivity index (χ2n) is 3.32. The van der Waals surface area contributed by atoms with Crippen molar-refractivity contribution in [1.82, 2.24) is 0 Å². The first-order valence-corrected chi connectivity index (χ1v) is 6.62. The molecule has 4 heteroatoms. The molecule has 92 valence electrons. The van der Waals surface area contributed by atoms with E-state index < -0.39 is 0 Å². The largest absolute Gasteiger partial charge is 0.508 e. The summed E-state index contributed by atoms with van der Waals surface area (Å²) in [5.74, 6) is 1.02. The van der Waals surface area contributed by atoms with Crippen molar-refractivity contribution in [3.05, 3.63) is 35.9 Å². The second-order valence-corrected chi connectivity index (χ2v) is 4.08. The molecule has 1 aromatic rings. The van der Waals surface area contributed by atoms with Gasteiger partial charge >= 0.3 is 0 Å². The number of hydrogen-bond acceptors (Lipinski definition) is 4. The quantitative estimate of drug-likeness (QED) is 0.508. The highest BCUT2D eigenvalue weighted by Gasteiger charge is 2.06. The van der Waals surface area contributed by atoms with Crippen LogP contribution in [0.25, 0.3) is 5.76 Å². The van der Waals surface area contributed by atoms with Crippen molar-refractivity contribution in [3.63, 3.8) is 0 Å². The van der Waals surface area contributed by atoms with Crippen LogP contribution in [0.1, 0.15) is 18.9 Å². The molecule has 0 atom stereocenters. The number of aliphatic imine (C=N–C) groups is 1. The van der Waals surface area contributed by atoms with Gasteiger partial charge in [-0.15, -0.1) is 0 Å². The summed E-state index contributed by atoms with van der Waals surface area (Å²) in [7, 11) is 1.70. The lowest BCUT2D eigenvalue weighted by Gasteiger charge is -2.10. The van der Waals surface area contributed by atoms with Crippen LogP contribution in [-0.2, 0) is 4.74 Å². The molecular weight excluding hydrogens is 234 g/mol. The van der Waals surface area contributed by atoms with E-state index >= 15 is 0 Å². The fourth-order valence-corrected chi connectivity index (χ4v) is 1.66. The van der Waals surface area contributed by atoms with Crippen LogP contribution in [0.15, 0.2) is 35.3 Å². The van der Waals surface area contributed by atoms with Crippen molar-refractivity contribution in [1.29, 1.82) is 0 Å². The molecule has 0 spiro atoms. The highest BCUT2D eigenvalue weighted by atomic mass is 32.2. The summed E-state index contributed by atoms with van der Waals surface area (Å²) in [5, 5.41) is 9.88. The topological polar surface area (TPSA) is 41.8 Å². The van der Waals surface area contributed by atoms with Crippen LogP contribution in [0.2, 0.25) is 0 Å². The Kier molecular flexibility index (Phi) is 5.63. The Bertz CT molecular complexity index is 410. The van der Waals surface area contributed by atoms with Crippen LogP contribution in [0.3, 0.4) is 0 Å². The zero-order valence-corrected chi connectivity index (χ0v) is 11.1. The van der Waals surface area contributed by atoms with E-state index in [1.54, 1.807) is 19.2 Å². The van der Waals surface area contributed by atoms with Crippen molar-refractivity contribution in [2.45, 2.75) is 13.3 Å². The monoisotopic (exact) mass is 251 g/mol. The van der Waals surface area contributed by atoms with E-state index in [9.17, 15) is 5.11 Å². The molecule has 0 saturated heterocycles. The van der Waals surface area contributed by atoms with Crippen LogP contribution in [0.4, 0.5) is 0 Å². The third kappa shape index (κ3) is 4.15.